The van der Waals surface area contributed by atoms with Gasteiger partial charge in [-0.15, -0.1) is 0 Å². The lowest BCUT2D eigenvalue weighted by Gasteiger charge is -2.41. The topological polar surface area (TPSA) is 71.3 Å². The molecule has 0 saturated heterocycles. The first-order valence-electron chi connectivity index (χ1n) is 10.5. The molecule has 1 aliphatic heterocycles. The van der Waals surface area contributed by atoms with Gasteiger partial charge in [0, 0.05) is 43.2 Å². The van der Waals surface area contributed by atoms with Crippen molar-refractivity contribution in [3.05, 3.63) is 76.8 Å². The van der Waals surface area contributed by atoms with Crippen LogP contribution in [0.15, 0.2) is 58.2 Å². The summed E-state index contributed by atoms with van der Waals surface area (Å²) in [5.41, 5.74) is 4.08. The van der Waals surface area contributed by atoms with Crippen molar-refractivity contribution in [2.45, 2.75) is 50.1 Å². The van der Waals surface area contributed by atoms with Gasteiger partial charge >= 0.3 is 0 Å². The van der Waals surface area contributed by atoms with Crippen LogP contribution >= 0.6 is 11.8 Å². The number of amides is 1. The number of carbonyl (C=O) groups excluding carboxylic acids is 1. The Labute approximate surface area is 187 Å². The SMILES string of the molecule is Cc1cc(CSc2ncccc2C(=O)NCC(C)(C)N2CCc3ccccc3C2)no1. The Morgan fingerprint density at radius 2 is 2.03 bits per heavy atom. The third-order valence-electron chi connectivity index (χ3n) is 5.72. The van der Waals surface area contributed by atoms with Gasteiger partial charge in [0.15, 0.2) is 0 Å². The summed E-state index contributed by atoms with van der Waals surface area (Å²) in [5, 5.41) is 7.85. The van der Waals surface area contributed by atoms with Crippen LogP contribution < -0.4 is 5.32 Å². The number of aromatic nitrogens is 2. The molecule has 0 radical (unpaired) electrons. The average molecular weight is 437 g/mol. The van der Waals surface area contributed by atoms with Crippen molar-refractivity contribution in [3.63, 3.8) is 0 Å². The number of nitrogens with zero attached hydrogens (tertiary/aromatic N) is 3. The third kappa shape index (κ3) is 5.17. The molecule has 1 aromatic carbocycles. The van der Waals surface area contributed by atoms with Crippen LogP contribution in [0.5, 0.6) is 0 Å². The van der Waals surface area contributed by atoms with Crippen molar-refractivity contribution in [2.24, 2.45) is 0 Å². The van der Waals surface area contributed by atoms with E-state index in [0.717, 1.165) is 31.0 Å². The second-order valence-corrected chi connectivity index (χ2v) is 9.47. The Morgan fingerprint density at radius 1 is 1.23 bits per heavy atom. The van der Waals surface area contributed by atoms with Gasteiger partial charge in [-0.25, -0.2) is 4.98 Å². The van der Waals surface area contributed by atoms with Crippen LogP contribution in [0.2, 0.25) is 0 Å². The molecule has 0 saturated carbocycles. The van der Waals surface area contributed by atoms with Gasteiger partial charge in [-0.05, 0) is 50.5 Å². The molecular weight excluding hydrogens is 408 g/mol. The Bertz CT molecular complexity index is 1060. The van der Waals surface area contributed by atoms with E-state index in [-0.39, 0.29) is 11.4 Å². The lowest BCUT2D eigenvalue weighted by Crippen LogP contribution is -2.53. The summed E-state index contributed by atoms with van der Waals surface area (Å²) in [6.07, 6.45) is 2.75. The van der Waals surface area contributed by atoms with E-state index in [1.807, 2.05) is 19.1 Å². The minimum atomic E-state index is -0.156. The van der Waals surface area contributed by atoms with Gasteiger partial charge in [0.25, 0.3) is 5.91 Å². The predicted molar refractivity (Wildman–Crippen MR) is 122 cm³/mol. The molecule has 0 fully saturated rings. The number of nitrogens with one attached hydrogen (secondary N) is 1. The van der Waals surface area contributed by atoms with E-state index < -0.39 is 0 Å². The Morgan fingerprint density at radius 3 is 2.81 bits per heavy atom. The number of fused-ring (bicyclic) bond motifs is 1. The zero-order valence-corrected chi connectivity index (χ0v) is 19.0. The highest BCUT2D eigenvalue weighted by Gasteiger charge is 2.30. The van der Waals surface area contributed by atoms with Gasteiger partial charge < -0.3 is 9.84 Å². The lowest BCUT2D eigenvalue weighted by atomic mass is 9.94. The number of hydrogen-bond acceptors (Lipinski definition) is 6. The standard InChI is InChI=1S/C24H28N4O2S/c1-17-13-20(27-30-17)15-31-23-21(9-6-11-25-23)22(29)26-16-24(2,3)28-12-10-18-7-4-5-8-19(18)14-28/h4-9,11,13H,10,12,14-16H2,1-3H3,(H,26,29). The van der Waals surface area contributed by atoms with E-state index in [2.05, 4.69) is 58.5 Å². The highest BCUT2D eigenvalue weighted by Crippen LogP contribution is 2.26. The molecule has 3 heterocycles. The molecule has 3 aromatic rings. The molecule has 0 unspecified atom stereocenters. The highest BCUT2D eigenvalue weighted by atomic mass is 32.2. The smallest absolute Gasteiger partial charge is 0.254 e. The van der Waals surface area contributed by atoms with Crippen molar-refractivity contribution in [1.82, 2.24) is 20.4 Å². The van der Waals surface area contributed by atoms with E-state index in [4.69, 9.17) is 4.52 Å². The molecule has 1 aliphatic rings. The maximum Gasteiger partial charge on any atom is 0.254 e. The van der Waals surface area contributed by atoms with E-state index in [1.54, 1.807) is 12.3 Å². The monoisotopic (exact) mass is 436 g/mol. The first kappa shape index (κ1) is 21.6. The number of carbonyl (C=O) groups is 1. The largest absolute Gasteiger partial charge is 0.361 e. The highest BCUT2D eigenvalue weighted by molar-refractivity contribution is 7.98. The van der Waals surface area contributed by atoms with E-state index in [9.17, 15) is 4.79 Å². The van der Waals surface area contributed by atoms with E-state index >= 15 is 0 Å². The number of aryl methyl sites for hydroxylation is 1. The molecule has 31 heavy (non-hydrogen) atoms. The summed E-state index contributed by atoms with van der Waals surface area (Å²) >= 11 is 1.49. The molecule has 1 amide bonds. The van der Waals surface area contributed by atoms with Crippen LogP contribution in [0.1, 0.15) is 46.8 Å². The first-order chi connectivity index (χ1) is 14.9. The molecule has 0 bridgehead atoms. The molecule has 1 N–H and O–H groups in total. The van der Waals surface area contributed by atoms with Crippen LogP contribution in [-0.2, 0) is 18.7 Å². The number of pyridine rings is 1. The maximum atomic E-state index is 13.0. The second kappa shape index (κ2) is 9.24. The molecule has 2 aromatic heterocycles. The van der Waals surface area contributed by atoms with Crippen LogP contribution in [0.4, 0.5) is 0 Å². The number of hydrogen-bond donors (Lipinski definition) is 1. The van der Waals surface area contributed by atoms with Crippen LogP contribution in [0.3, 0.4) is 0 Å². The lowest BCUT2D eigenvalue weighted by molar-refractivity contribution is 0.0823. The van der Waals surface area contributed by atoms with E-state index in [1.165, 1.54) is 22.9 Å². The van der Waals surface area contributed by atoms with Crippen molar-refractivity contribution < 1.29 is 9.32 Å². The number of benzene rings is 1. The summed E-state index contributed by atoms with van der Waals surface area (Å²) in [4.78, 5) is 19.9. The summed E-state index contributed by atoms with van der Waals surface area (Å²) in [5.74, 6) is 1.28. The Balaban J connectivity index is 1.38. The van der Waals surface area contributed by atoms with Gasteiger partial charge in [0.2, 0.25) is 0 Å². The Kier molecular flexibility index (Phi) is 6.43. The molecule has 6 nitrogen and oxygen atoms in total. The normalized spacial score (nSPS) is 14.3. The summed E-state index contributed by atoms with van der Waals surface area (Å²) < 4.78 is 5.12. The molecule has 7 heteroatoms. The Hall–Kier alpha value is -2.64. The minimum Gasteiger partial charge on any atom is -0.361 e. The molecule has 162 valence electrons. The molecular formula is C24H28N4O2S. The molecule has 0 spiro atoms. The zero-order valence-electron chi connectivity index (χ0n) is 18.2. The van der Waals surface area contributed by atoms with Crippen molar-refractivity contribution in [2.75, 3.05) is 13.1 Å². The van der Waals surface area contributed by atoms with Crippen LogP contribution in [-0.4, -0.2) is 39.6 Å². The fourth-order valence-corrected chi connectivity index (χ4v) is 4.70. The van der Waals surface area contributed by atoms with Crippen molar-refractivity contribution >= 4 is 17.7 Å². The second-order valence-electron chi connectivity index (χ2n) is 8.51. The third-order valence-corrected chi connectivity index (χ3v) is 6.76. The van der Waals surface area contributed by atoms with Gasteiger partial charge in [-0.3, -0.25) is 9.69 Å². The fourth-order valence-electron chi connectivity index (χ4n) is 3.82. The minimum absolute atomic E-state index is 0.0996. The van der Waals surface area contributed by atoms with Gasteiger partial charge in [0.05, 0.1) is 11.3 Å². The average Bonchev–Trinajstić information content (AvgIpc) is 3.21. The molecule has 0 atom stereocenters. The summed E-state index contributed by atoms with van der Waals surface area (Å²) in [6.45, 7) is 8.70. The zero-order chi connectivity index (χ0) is 21.8. The maximum absolute atomic E-state index is 13.0. The number of thioether (sulfide) groups is 1. The quantitative estimate of drug-likeness (QED) is 0.559. The number of rotatable bonds is 7. The van der Waals surface area contributed by atoms with Crippen molar-refractivity contribution in [3.8, 4) is 0 Å². The van der Waals surface area contributed by atoms with Gasteiger partial charge in [-0.1, -0.05) is 41.2 Å². The molecule has 0 aliphatic carbocycles. The summed E-state index contributed by atoms with van der Waals surface area (Å²) in [7, 11) is 0. The summed E-state index contributed by atoms with van der Waals surface area (Å²) in [6, 6.07) is 14.1. The van der Waals surface area contributed by atoms with Crippen LogP contribution in [0.25, 0.3) is 0 Å². The molecule has 4 rings (SSSR count). The van der Waals surface area contributed by atoms with Crippen molar-refractivity contribution in [1.29, 1.82) is 0 Å². The fraction of sp³-hybridized carbons (Fsp3) is 0.375. The first-order valence-corrected chi connectivity index (χ1v) is 11.5. The van der Waals surface area contributed by atoms with Gasteiger partial charge in [0.1, 0.15) is 10.8 Å². The van der Waals surface area contributed by atoms with E-state index in [0.29, 0.717) is 22.9 Å². The van der Waals surface area contributed by atoms with Gasteiger partial charge in [-0.2, -0.15) is 0 Å². The van der Waals surface area contributed by atoms with Crippen LogP contribution in [0, 0.1) is 6.92 Å². The predicted octanol–water partition coefficient (Wildman–Crippen LogP) is 4.24.